The number of thioether (sulfide) groups is 1. The minimum absolute atomic E-state index is 0.337. The molecule has 4 N–H and O–H groups in total. The SMILES string of the molecule is CC1(C)S[C@@H]2[C@H](NC(=O)[C@H](NC(=O)c3ccc(-c4cn[nH]n4)cc3)c3ccccc3)C(=O)N2[C@H]1C(=O)O. The lowest BCUT2D eigenvalue weighted by atomic mass is 9.95. The molecule has 37 heavy (non-hydrogen) atoms. The van der Waals surface area contributed by atoms with Gasteiger partial charge < -0.3 is 20.6 Å². The van der Waals surface area contributed by atoms with Gasteiger partial charge in [0.05, 0.1) is 6.20 Å². The van der Waals surface area contributed by atoms with Crippen LogP contribution in [0.2, 0.25) is 0 Å². The Morgan fingerprint density at radius 3 is 2.43 bits per heavy atom. The van der Waals surface area contributed by atoms with Crippen molar-refractivity contribution in [3.63, 3.8) is 0 Å². The highest BCUT2D eigenvalue weighted by atomic mass is 32.2. The Balaban J connectivity index is 1.33. The number of hydrogen-bond acceptors (Lipinski definition) is 7. The molecule has 0 unspecified atom stereocenters. The number of fused-ring (bicyclic) bond motifs is 1. The lowest BCUT2D eigenvalue weighted by Crippen LogP contribution is -2.71. The molecule has 0 saturated carbocycles. The normalized spacial score (nSPS) is 22.5. The Labute approximate surface area is 216 Å². The van der Waals surface area contributed by atoms with E-state index in [1.807, 2.05) is 0 Å². The largest absolute Gasteiger partial charge is 0.480 e. The number of carboxylic acid groups (broad SMARTS) is 1. The number of amides is 3. The van der Waals surface area contributed by atoms with Gasteiger partial charge in [-0.2, -0.15) is 15.4 Å². The number of hydrogen-bond donors (Lipinski definition) is 4. The average Bonchev–Trinajstić information content (AvgIpc) is 3.51. The second-order valence-electron chi connectivity index (χ2n) is 9.33. The van der Waals surface area contributed by atoms with Gasteiger partial charge in [-0.3, -0.25) is 14.4 Å². The molecule has 0 radical (unpaired) electrons. The molecule has 2 saturated heterocycles. The van der Waals surface area contributed by atoms with E-state index in [4.69, 9.17) is 0 Å². The number of aromatic amines is 1. The summed E-state index contributed by atoms with van der Waals surface area (Å²) in [5.41, 5.74) is 2.28. The fourth-order valence-corrected chi connectivity index (χ4v) is 6.30. The van der Waals surface area contributed by atoms with E-state index in [1.54, 1.807) is 74.6 Å². The topological polar surface area (TPSA) is 157 Å². The molecular weight excluding hydrogens is 496 g/mol. The molecule has 2 fully saturated rings. The fraction of sp³-hybridized carbons (Fsp3) is 0.280. The van der Waals surface area contributed by atoms with Crippen molar-refractivity contribution in [1.82, 2.24) is 30.9 Å². The van der Waals surface area contributed by atoms with Crippen molar-refractivity contribution in [2.24, 2.45) is 0 Å². The monoisotopic (exact) mass is 520 g/mol. The van der Waals surface area contributed by atoms with Gasteiger partial charge in [-0.15, -0.1) is 11.8 Å². The molecule has 0 spiro atoms. The van der Waals surface area contributed by atoms with Crippen LogP contribution in [0.15, 0.2) is 60.8 Å². The summed E-state index contributed by atoms with van der Waals surface area (Å²) in [6.07, 6.45) is 1.57. The first-order valence-electron chi connectivity index (χ1n) is 11.5. The summed E-state index contributed by atoms with van der Waals surface area (Å²) in [7, 11) is 0. The Hall–Kier alpha value is -4.19. The number of rotatable bonds is 7. The number of H-pyrrole nitrogens is 1. The number of aromatic nitrogens is 3. The molecule has 5 rings (SSSR count). The number of benzene rings is 2. The highest BCUT2D eigenvalue weighted by molar-refractivity contribution is 8.01. The minimum atomic E-state index is -1.08. The van der Waals surface area contributed by atoms with Gasteiger partial charge in [0.15, 0.2) is 0 Å². The van der Waals surface area contributed by atoms with Crippen molar-refractivity contribution in [1.29, 1.82) is 0 Å². The fourth-order valence-electron chi connectivity index (χ4n) is 4.68. The van der Waals surface area contributed by atoms with E-state index in [0.29, 0.717) is 16.8 Å². The van der Waals surface area contributed by atoms with Crippen LogP contribution in [0, 0.1) is 0 Å². The van der Waals surface area contributed by atoms with Gasteiger partial charge in [-0.1, -0.05) is 42.5 Å². The second kappa shape index (κ2) is 9.36. The molecule has 3 aromatic rings. The van der Waals surface area contributed by atoms with E-state index in [1.165, 1.54) is 16.7 Å². The van der Waals surface area contributed by atoms with Crippen molar-refractivity contribution in [2.45, 2.75) is 42.1 Å². The Morgan fingerprint density at radius 1 is 1.11 bits per heavy atom. The molecule has 12 heteroatoms. The molecule has 0 aliphatic carbocycles. The lowest BCUT2D eigenvalue weighted by molar-refractivity contribution is -0.161. The van der Waals surface area contributed by atoms with Crippen molar-refractivity contribution in [3.8, 4) is 11.3 Å². The zero-order valence-electron chi connectivity index (χ0n) is 19.9. The van der Waals surface area contributed by atoms with Gasteiger partial charge in [0.1, 0.15) is 29.2 Å². The quantitative estimate of drug-likeness (QED) is 0.342. The van der Waals surface area contributed by atoms with Crippen molar-refractivity contribution >= 4 is 35.5 Å². The summed E-state index contributed by atoms with van der Waals surface area (Å²) in [6.45, 7) is 3.53. The maximum absolute atomic E-state index is 13.4. The van der Waals surface area contributed by atoms with E-state index in [9.17, 15) is 24.3 Å². The molecule has 4 atom stereocenters. The molecule has 11 nitrogen and oxygen atoms in total. The third-order valence-corrected chi connectivity index (χ3v) is 8.07. The van der Waals surface area contributed by atoms with Crippen LogP contribution < -0.4 is 10.6 Å². The van der Waals surface area contributed by atoms with Crippen LogP contribution in [-0.4, -0.2) is 71.3 Å². The van der Waals surface area contributed by atoms with Gasteiger partial charge in [-0.25, -0.2) is 4.79 Å². The molecule has 2 aromatic carbocycles. The molecule has 2 aliphatic rings. The maximum Gasteiger partial charge on any atom is 0.327 e. The van der Waals surface area contributed by atoms with E-state index < -0.39 is 51.9 Å². The van der Waals surface area contributed by atoms with Crippen molar-refractivity contribution < 1.29 is 24.3 Å². The molecule has 1 aromatic heterocycles. The summed E-state index contributed by atoms with van der Waals surface area (Å²) < 4.78 is -0.711. The van der Waals surface area contributed by atoms with Crippen molar-refractivity contribution in [2.75, 3.05) is 0 Å². The highest BCUT2D eigenvalue weighted by Crippen LogP contribution is 2.50. The second-order valence-corrected chi connectivity index (χ2v) is 11.1. The van der Waals surface area contributed by atoms with E-state index >= 15 is 0 Å². The van der Waals surface area contributed by atoms with Crippen LogP contribution in [0.25, 0.3) is 11.3 Å². The highest BCUT2D eigenvalue weighted by Gasteiger charge is 2.64. The van der Waals surface area contributed by atoms with Gasteiger partial charge in [-0.05, 0) is 31.5 Å². The number of nitrogens with zero attached hydrogens (tertiary/aromatic N) is 3. The van der Waals surface area contributed by atoms with Crippen LogP contribution in [0.4, 0.5) is 0 Å². The Bertz CT molecular complexity index is 1350. The zero-order chi connectivity index (χ0) is 26.3. The standard InChI is InChI=1S/C25H24N6O5S/c1-25(2)19(24(35)36)31-22(34)18(23(31)37-25)28-21(33)17(14-6-4-3-5-7-14)27-20(32)15-10-8-13(9-11-15)16-12-26-30-29-16/h3-12,17-19,23H,1-2H3,(H,27,32)(H,28,33)(H,35,36)(H,26,29,30)/t17-,18-,19+,23-/m1/s1. The van der Waals surface area contributed by atoms with Crippen molar-refractivity contribution in [3.05, 3.63) is 71.9 Å². The summed E-state index contributed by atoms with van der Waals surface area (Å²) in [5.74, 6) is -2.57. The first-order valence-corrected chi connectivity index (χ1v) is 12.4. The third kappa shape index (κ3) is 4.44. The summed E-state index contributed by atoms with van der Waals surface area (Å²) >= 11 is 1.34. The number of carboxylic acids is 1. The van der Waals surface area contributed by atoms with Gasteiger partial charge in [0, 0.05) is 15.9 Å². The first kappa shape index (κ1) is 24.5. The molecule has 0 bridgehead atoms. The third-order valence-electron chi connectivity index (χ3n) is 6.50. The summed E-state index contributed by atoms with van der Waals surface area (Å²) in [5, 5.41) is 24.9. The number of nitrogens with one attached hydrogen (secondary N) is 3. The zero-order valence-corrected chi connectivity index (χ0v) is 20.7. The van der Waals surface area contributed by atoms with Crippen LogP contribution in [-0.2, 0) is 14.4 Å². The van der Waals surface area contributed by atoms with E-state index in [0.717, 1.165) is 5.56 Å². The first-order chi connectivity index (χ1) is 17.7. The molecule has 3 amide bonds. The predicted molar refractivity (Wildman–Crippen MR) is 134 cm³/mol. The molecule has 3 heterocycles. The number of carbonyl (C=O) groups is 4. The lowest BCUT2D eigenvalue weighted by Gasteiger charge is -2.44. The van der Waals surface area contributed by atoms with E-state index in [-0.39, 0.29) is 0 Å². The molecular formula is C25H24N6O5S. The molecule has 2 aliphatic heterocycles. The van der Waals surface area contributed by atoms with Crippen LogP contribution in [0.3, 0.4) is 0 Å². The van der Waals surface area contributed by atoms with Crippen LogP contribution in [0.1, 0.15) is 35.8 Å². The van der Waals surface area contributed by atoms with Gasteiger partial charge in [0.2, 0.25) is 11.8 Å². The Morgan fingerprint density at radius 2 is 1.81 bits per heavy atom. The number of β-lactam (4-membered cyclic amide) rings is 1. The summed E-state index contributed by atoms with van der Waals surface area (Å²) in [6, 6.07) is 12.5. The van der Waals surface area contributed by atoms with Gasteiger partial charge >= 0.3 is 5.97 Å². The summed E-state index contributed by atoms with van der Waals surface area (Å²) in [4.78, 5) is 52.4. The minimum Gasteiger partial charge on any atom is -0.480 e. The predicted octanol–water partition coefficient (Wildman–Crippen LogP) is 1.57. The van der Waals surface area contributed by atoms with Gasteiger partial charge in [0.25, 0.3) is 5.91 Å². The Kier molecular flexibility index (Phi) is 6.20. The van der Waals surface area contributed by atoms with Crippen LogP contribution in [0.5, 0.6) is 0 Å². The van der Waals surface area contributed by atoms with E-state index in [2.05, 4.69) is 26.0 Å². The maximum atomic E-state index is 13.4. The van der Waals surface area contributed by atoms with Crippen LogP contribution >= 0.6 is 11.8 Å². The number of carbonyl (C=O) groups excluding carboxylic acids is 3. The average molecular weight is 521 g/mol. The smallest absolute Gasteiger partial charge is 0.327 e. The number of aliphatic carboxylic acids is 1. The molecule has 190 valence electrons.